The number of benzene rings is 3. The van der Waals surface area contributed by atoms with Crippen LogP contribution in [0.2, 0.25) is 0 Å². The highest BCUT2D eigenvalue weighted by Gasteiger charge is 2.15. The Hall–Kier alpha value is -4.99. The normalized spacial score (nSPS) is 11.2. The van der Waals surface area contributed by atoms with Gasteiger partial charge in [-0.15, -0.1) is 0 Å². The smallest absolute Gasteiger partial charge is 0.338 e. The van der Waals surface area contributed by atoms with E-state index in [0.29, 0.717) is 22.6 Å². The zero-order valence-corrected chi connectivity index (χ0v) is 25.1. The molecule has 1 atom stereocenters. The van der Waals surface area contributed by atoms with Gasteiger partial charge in [-0.3, -0.25) is 0 Å². The van der Waals surface area contributed by atoms with E-state index in [1.807, 2.05) is 36.4 Å². The van der Waals surface area contributed by atoms with Gasteiger partial charge in [-0.2, -0.15) is 0 Å². The van der Waals surface area contributed by atoms with Crippen LogP contribution in [0.4, 0.5) is 0 Å². The molecule has 3 rings (SSSR count). The van der Waals surface area contributed by atoms with Crippen molar-refractivity contribution in [1.82, 2.24) is 0 Å². The van der Waals surface area contributed by atoms with Crippen molar-refractivity contribution in [3.63, 3.8) is 0 Å². The third kappa shape index (κ3) is 9.79. The Kier molecular flexibility index (Phi) is 12.2. The van der Waals surface area contributed by atoms with Gasteiger partial charge in [0.15, 0.2) is 6.29 Å². The van der Waals surface area contributed by atoms with Crippen LogP contribution in [0.1, 0.15) is 32.6 Å². The summed E-state index contributed by atoms with van der Waals surface area (Å²) in [5, 5.41) is 10.6. The first-order valence-electron chi connectivity index (χ1n) is 13.8. The molecule has 0 aliphatic carbocycles. The molecule has 3 aromatic carbocycles. The predicted molar refractivity (Wildman–Crippen MR) is 166 cm³/mol. The Morgan fingerprint density at radius 2 is 1.16 bits per heavy atom. The number of carbonyl (C=O) groups excluding carboxylic acids is 3. The van der Waals surface area contributed by atoms with Gasteiger partial charge >= 0.3 is 17.9 Å². The number of esters is 3. The standard InChI is InChI=1S/C35H36O9/c1-22(2)32(36)41-18-17-40-31-21-28(35(39)43-20-19-42-33(37)23(3)4)13-16-30(31)27-9-7-25(8-10-27)26-11-14-29(15-12-26)44-34(38)24(5)6/h7-16,21,35,39H,1,3,5,17-20H2,2,4,6H3. The summed E-state index contributed by atoms with van der Waals surface area (Å²) in [6.07, 6.45) is -1.31. The third-order valence-electron chi connectivity index (χ3n) is 6.10. The maximum atomic E-state index is 11.8. The van der Waals surface area contributed by atoms with Crippen molar-refractivity contribution in [1.29, 1.82) is 0 Å². The van der Waals surface area contributed by atoms with Crippen LogP contribution in [0.25, 0.3) is 22.3 Å². The van der Waals surface area contributed by atoms with E-state index in [2.05, 4.69) is 19.7 Å². The van der Waals surface area contributed by atoms with Crippen LogP contribution in [0, 0.1) is 0 Å². The van der Waals surface area contributed by atoms with Crippen LogP contribution in [0.15, 0.2) is 103 Å². The Morgan fingerprint density at radius 1 is 0.659 bits per heavy atom. The first-order chi connectivity index (χ1) is 21.0. The van der Waals surface area contributed by atoms with Crippen molar-refractivity contribution in [3.8, 4) is 33.8 Å². The second-order valence-corrected chi connectivity index (χ2v) is 9.93. The van der Waals surface area contributed by atoms with E-state index in [9.17, 15) is 19.5 Å². The molecule has 0 aromatic heterocycles. The number of carbonyl (C=O) groups is 3. The molecule has 9 nitrogen and oxygen atoms in total. The monoisotopic (exact) mass is 600 g/mol. The summed E-state index contributed by atoms with van der Waals surface area (Å²) < 4.78 is 26.8. The van der Waals surface area contributed by atoms with Gasteiger partial charge in [-0.25, -0.2) is 14.4 Å². The van der Waals surface area contributed by atoms with Crippen molar-refractivity contribution >= 4 is 17.9 Å². The zero-order chi connectivity index (χ0) is 32.2. The van der Waals surface area contributed by atoms with E-state index in [1.165, 1.54) is 6.92 Å². The maximum absolute atomic E-state index is 11.8. The molecule has 0 spiro atoms. The molecule has 3 aromatic rings. The second kappa shape index (κ2) is 16.0. The summed E-state index contributed by atoms with van der Waals surface area (Å²) >= 11 is 0. The number of aliphatic hydroxyl groups is 1. The maximum Gasteiger partial charge on any atom is 0.338 e. The largest absolute Gasteiger partial charge is 0.489 e. The number of hydrogen-bond donors (Lipinski definition) is 1. The molecule has 0 heterocycles. The highest BCUT2D eigenvalue weighted by atomic mass is 16.6. The first kappa shape index (κ1) is 33.5. The molecule has 0 aliphatic rings. The zero-order valence-electron chi connectivity index (χ0n) is 25.1. The molecule has 0 radical (unpaired) electrons. The van der Waals surface area contributed by atoms with E-state index >= 15 is 0 Å². The molecule has 1 unspecified atom stereocenters. The van der Waals surface area contributed by atoms with Gasteiger partial charge in [-0.1, -0.05) is 68.3 Å². The van der Waals surface area contributed by atoms with E-state index in [4.69, 9.17) is 23.7 Å². The average molecular weight is 601 g/mol. The minimum Gasteiger partial charge on any atom is -0.489 e. The second-order valence-electron chi connectivity index (χ2n) is 9.93. The summed E-state index contributed by atoms with van der Waals surface area (Å²) in [7, 11) is 0. The van der Waals surface area contributed by atoms with Gasteiger partial charge in [-0.05, 0) is 55.7 Å². The van der Waals surface area contributed by atoms with Crippen LogP contribution in [0.3, 0.4) is 0 Å². The predicted octanol–water partition coefficient (Wildman–Crippen LogP) is 6.13. The van der Waals surface area contributed by atoms with Crippen LogP contribution in [-0.4, -0.2) is 49.4 Å². The fraction of sp³-hybridized carbons (Fsp3) is 0.229. The Morgan fingerprint density at radius 3 is 1.70 bits per heavy atom. The summed E-state index contributed by atoms with van der Waals surface area (Å²) in [4.78, 5) is 35.1. The highest BCUT2D eigenvalue weighted by Crippen LogP contribution is 2.34. The lowest BCUT2D eigenvalue weighted by Crippen LogP contribution is -2.14. The van der Waals surface area contributed by atoms with Gasteiger partial charge in [0.1, 0.15) is 31.3 Å². The van der Waals surface area contributed by atoms with Crippen molar-refractivity contribution in [2.75, 3.05) is 26.4 Å². The van der Waals surface area contributed by atoms with Crippen molar-refractivity contribution in [2.45, 2.75) is 27.1 Å². The molecule has 0 fully saturated rings. The topological polar surface area (TPSA) is 118 Å². The molecule has 0 saturated carbocycles. The third-order valence-corrected chi connectivity index (χ3v) is 6.10. The molecule has 0 bridgehead atoms. The SMILES string of the molecule is C=C(C)C(=O)OCCOc1cc(C(O)OCCOC(=O)C(=C)C)ccc1-c1ccc(-c2ccc(OC(=O)C(=C)C)cc2)cc1. The van der Waals surface area contributed by atoms with Crippen molar-refractivity contribution in [3.05, 3.63) is 109 Å². The first-order valence-corrected chi connectivity index (χ1v) is 13.8. The minimum absolute atomic E-state index is 0.000878. The summed E-state index contributed by atoms with van der Waals surface area (Å²) in [5.41, 5.74) is 4.71. The number of rotatable bonds is 15. The van der Waals surface area contributed by atoms with Crippen LogP contribution in [-0.2, 0) is 28.6 Å². The molecule has 44 heavy (non-hydrogen) atoms. The minimum atomic E-state index is -1.31. The number of ether oxygens (including phenoxy) is 5. The van der Waals surface area contributed by atoms with Crippen LogP contribution in [0.5, 0.6) is 11.5 Å². The molecule has 230 valence electrons. The fourth-order valence-electron chi connectivity index (χ4n) is 3.72. The highest BCUT2D eigenvalue weighted by molar-refractivity contribution is 5.89. The fourth-order valence-corrected chi connectivity index (χ4v) is 3.72. The summed E-state index contributed by atoms with van der Waals surface area (Å²) in [6, 6.07) is 20.0. The molecule has 0 amide bonds. The van der Waals surface area contributed by atoms with Crippen LogP contribution >= 0.6 is 0 Å². The van der Waals surface area contributed by atoms with Gasteiger partial charge in [0.2, 0.25) is 0 Å². The van der Waals surface area contributed by atoms with E-state index in [1.54, 1.807) is 44.2 Å². The van der Waals surface area contributed by atoms with Gasteiger partial charge < -0.3 is 28.8 Å². The molecule has 9 heteroatoms. The Balaban J connectivity index is 1.76. The van der Waals surface area contributed by atoms with E-state index in [-0.39, 0.29) is 37.6 Å². The summed E-state index contributed by atoms with van der Waals surface area (Å²) in [5.74, 6) is -0.683. The van der Waals surface area contributed by atoms with Crippen molar-refractivity contribution in [2.24, 2.45) is 0 Å². The molecule has 1 N–H and O–H groups in total. The van der Waals surface area contributed by atoms with Crippen LogP contribution < -0.4 is 9.47 Å². The quantitative estimate of drug-likeness (QED) is 0.0723. The Bertz CT molecular complexity index is 1520. The van der Waals surface area contributed by atoms with Gasteiger partial charge in [0.25, 0.3) is 0 Å². The Labute approximate surface area is 257 Å². The summed E-state index contributed by atoms with van der Waals surface area (Å²) in [6.45, 7) is 15.3. The lowest BCUT2D eigenvalue weighted by atomic mass is 9.98. The average Bonchev–Trinajstić information content (AvgIpc) is 3.01. The molecule has 0 saturated heterocycles. The van der Waals surface area contributed by atoms with Gasteiger partial charge in [0, 0.05) is 27.8 Å². The molecule has 0 aliphatic heterocycles. The number of aliphatic hydroxyl groups excluding tert-OH is 1. The molecular weight excluding hydrogens is 564 g/mol. The van der Waals surface area contributed by atoms with Crippen molar-refractivity contribution < 1.29 is 43.2 Å². The lowest BCUT2D eigenvalue weighted by Gasteiger charge is -2.17. The van der Waals surface area contributed by atoms with Gasteiger partial charge in [0.05, 0.1) is 6.61 Å². The number of hydrogen-bond acceptors (Lipinski definition) is 9. The lowest BCUT2D eigenvalue weighted by molar-refractivity contribution is -0.147. The molecular formula is C35H36O9. The van der Waals surface area contributed by atoms with E-state index in [0.717, 1.165) is 22.3 Å². The van der Waals surface area contributed by atoms with E-state index < -0.39 is 24.2 Å².